The zero-order valence-electron chi connectivity index (χ0n) is 17.1. The summed E-state index contributed by atoms with van der Waals surface area (Å²) in [6, 6.07) is 14.5. The molecule has 0 spiro atoms. The van der Waals surface area contributed by atoms with Gasteiger partial charge in [-0.05, 0) is 43.2 Å². The Morgan fingerprint density at radius 3 is 2.52 bits per heavy atom. The summed E-state index contributed by atoms with van der Waals surface area (Å²) in [4.78, 5) is 12.0. The molecule has 2 rings (SSSR count). The SMILES string of the molecule is COc1cccc(N(CCCC(=O)NCCOc2cccc(C)c2)S(C)(=O)=O)c1. The van der Waals surface area contributed by atoms with Gasteiger partial charge in [0, 0.05) is 19.0 Å². The number of methoxy groups -OCH3 is 1. The Kier molecular flexibility index (Phi) is 8.33. The maximum absolute atomic E-state index is 12.1. The van der Waals surface area contributed by atoms with Crippen LogP contribution in [0, 0.1) is 6.92 Å². The second kappa shape index (κ2) is 10.7. The van der Waals surface area contributed by atoms with Crippen molar-refractivity contribution in [3.8, 4) is 11.5 Å². The normalized spacial score (nSPS) is 11.0. The number of amides is 1. The van der Waals surface area contributed by atoms with Crippen LogP contribution in [0.3, 0.4) is 0 Å². The van der Waals surface area contributed by atoms with Crippen molar-refractivity contribution in [3.05, 3.63) is 54.1 Å². The molecular weight excluding hydrogens is 392 g/mol. The monoisotopic (exact) mass is 420 g/mol. The number of aryl methyl sites for hydroxylation is 1. The summed E-state index contributed by atoms with van der Waals surface area (Å²) in [5, 5.41) is 2.79. The Morgan fingerprint density at radius 2 is 1.83 bits per heavy atom. The summed E-state index contributed by atoms with van der Waals surface area (Å²) in [5.41, 5.74) is 1.62. The van der Waals surface area contributed by atoms with E-state index in [9.17, 15) is 13.2 Å². The predicted molar refractivity (Wildman–Crippen MR) is 114 cm³/mol. The third kappa shape index (κ3) is 7.65. The summed E-state index contributed by atoms with van der Waals surface area (Å²) in [7, 11) is -1.95. The average molecular weight is 421 g/mol. The van der Waals surface area contributed by atoms with Crippen LogP contribution in [0.15, 0.2) is 48.5 Å². The minimum Gasteiger partial charge on any atom is -0.497 e. The van der Waals surface area contributed by atoms with E-state index in [-0.39, 0.29) is 18.9 Å². The summed E-state index contributed by atoms with van der Waals surface area (Å²) in [5.74, 6) is 1.20. The van der Waals surface area contributed by atoms with Gasteiger partial charge in [-0.1, -0.05) is 18.2 Å². The second-order valence-electron chi connectivity index (χ2n) is 6.66. The summed E-state index contributed by atoms with van der Waals surface area (Å²) < 4.78 is 36.3. The molecule has 0 fully saturated rings. The molecule has 7 nitrogen and oxygen atoms in total. The number of carbonyl (C=O) groups is 1. The number of nitrogens with one attached hydrogen (secondary N) is 1. The number of nitrogens with zero attached hydrogens (tertiary/aromatic N) is 1. The van der Waals surface area contributed by atoms with Gasteiger partial charge in [0.1, 0.15) is 18.1 Å². The van der Waals surface area contributed by atoms with Crippen molar-refractivity contribution in [2.75, 3.05) is 37.4 Å². The molecule has 0 saturated carbocycles. The molecule has 0 aliphatic rings. The largest absolute Gasteiger partial charge is 0.497 e. The number of anilines is 1. The number of rotatable bonds is 11. The highest BCUT2D eigenvalue weighted by molar-refractivity contribution is 7.92. The molecule has 0 bridgehead atoms. The van der Waals surface area contributed by atoms with Crippen LogP contribution in [0.4, 0.5) is 5.69 Å². The molecule has 0 radical (unpaired) electrons. The van der Waals surface area contributed by atoms with Crippen molar-refractivity contribution >= 4 is 21.6 Å². The molecule has 29 heavy (non-hydrogen) atoms. The molecule has 0 saturated heterocycles. The van der Waals surface area contributed by atoms with Crippen LogP contribution in [0.1, 0.15) is 18.4 Å². The number of ether oxygens (including phenoxy) is 2. The van der Waals surface area contributed by atoms with Crippen LogP contribution in [0.5, 0.6) is 11.5 Å². The molecule has 158 valence electrons. The first-order valence-electron chi connectivity index (χ1n) is 9.37. The van der Waals surface area contributed by atoms with Crippen LogP contribution in [0.2, 0.25) is 0 Å². The van der Waals surface area contributed by atoms with Gasteiger partial charge in [-0.15, -0.1) is 0 Å². The molecule has 1 amide bonds. The zero-order valence-corrected chi connectivity index (χ0v) is 17.9. The van der Waals surface area contributed by atoms with Gasteiger partial charge in [-0.25, -0.2) is 8.42 Å². The fourth-order valence-electron chi connectivity index (χ4n) is 2.79. The van der Waals surface area contributed by atoms with E-state index in [0.29, 0.717) is 31.0 Å². The molecule has 8 heteroatoms. The third-order valence-electron chi connectivity index (χ3n) is 4.19. The molecule has 2 aromatic rings. The van der Waals surface area contributed by atoms with Crippen LogP contribution in [0.25, 0.3) is 0 Å². The number of hydrogen-bond donors (Lipinski definition) is 1. The van der Waals surface area contributed by atoms with E-state index in [4.69, 9.17) is 9.47 Å². The highest BCUT2D eigenvalue weighted by atomic mass is 32.2. The third-order valence-corrected chi connectivity index (χ3v) is 5.38. The van der Waals surface area contributed by atoms with Gasteiger partial charge in [-0.3, -0.25) is 9.10 Å². The molecule has 0 atom stereocenters. The van der Waals surface area contributed by atoms with Crippen molar-refractivity contribution in [1.29, 1.82) is 0 Å². The second-order valence-corrected chi connectivity index (χ2v) is 8.56. The molecule has 2 aromatic carbocycles. The van der Waals surface area contributed by atoms with Crippen molar-refractivity contribution in [2.24, 2.45) is 0 Å². The summed E-state index contributed by atoms with van der Waals surface area (Å²) in [6.07, 6.45) is 1.77. The van der Waals surface area contributed by atoms with Crippen LogP contribution in [-0.4, -0.2) is 47.4 Å². The predicted octanol–water partition coefficient (Wildman–Crippen LogP) is 2.75. The lowest BCUT2D eigenvalue weighted by molar-refractivity contribution is -0.121. The minimum atomic E-state index is -3.47. The Balaban J connectivity index is 1.77. The van der Waals surface area contributed by atoms with Crippen molar-refractivity contribution in [1.82, 2.24) is 5.32 Å². The molecule has 1 N–H and O–H groups in total. The fourth-order valence-corrected chi connectivity index (χ4v) is 3.75. The van der Waals surface area contributed by atoms with Gasteiger partial charge < -0.3 is 14.8 Å². The maximum Gasteiger partial charge on any atom is 0.232 e. The van der Waals surface area contributed by atoms with Crippen LogP contribution < -0.4 is 19.1 Å². The molecular formula is C21H28N2O5S. The average Bonchev–Trinajstić information content (AvgIpc) is 2.68. The van der Waals surface area contributed by atoms with E-state index >= 15 is 0 Å². The highest BCUT2D eigenvalue weighted by Gasteiger charge is 2.18. The minimum absolute atomic E-state index is 0.142. The molecule has 0 aliphatic heterocycles. The lowest BCUT2D eigenvalue weighted by Crippen LogP contribution is -2.32. The van der Waals surface area contributed by atoms with Gasteiger partial charge >= 0.3 is 0 Å². The van der Waals surface area contributed by atoms with E-state index in [1.807, 2.05) is 31.2 Å². The van der Waals surface area contributed by atoms with E-state index in [2.05, 4.69) is 5.32 Å². The van der Waals surface area contributed by atoms with E-state index < -0.39 is 10.0 Å². The van der Waals surface area contributed by atoms with Gasteiger partial charge in [0.05, 0.1) is 25.6 Å². The zero-order chi connectivity index (χ0) is 21.3. The lowest BCUT2D eigenvalue weighted by Gasteiger charge is -2.22. The van der Waals surface area contributed by atoms with Gasteiger partial charge in [0.15, 0.2) is 0 Å². The number of sulfonamides is 1. The van der Waals surface area contributed by atoms with Gasteiger partial charge in [0.2, 0.25) is 15.9 Å². The molecule has 0 aromatic heterocycles. The topological polar surface area (TPSA) is 84.9 Å². The Bertz CT molecular complexity index is 915. The van der Waals surface area contributed by atoms with E-state index in [0.717, 1.165) is 17.6 Å². The van der Waals surface area contributed by atoms with Crippen molar-refractivity contribution < 1.29 is 22.7 Å². The quantitative estimate of drug-likeness (QED) is 0.565. The fraction of sp³-hybridized carbons (Fsp3) is 0.381. The highest BCUT2D eigenvalue weighted by Crippen LogP contribution is 2.23. The summed E-state index contributed by atoms with van der Waals surface area (Å²) in [6.45, 7) is 2.95. The van der Waals surface area contributed by atoms with Crippen LogP contribution >= 0.6 is 0 Å². The van der Waals surface area contributed by atoms with Gasteiger partial charge in [-0.2, -0.15) is 0 Å². The maximum atomic E-state index is 12.1. The number of carbonyl (C=O) groups excluding carboxylic acids is 1. The lowest BCUT2D eigenvalue weighted by atomic mass is 10.2. The first kappa shape index (κ1) is 22.5. The Morgan fingerprint density at radius 1 is 1.10 bits per heavy atom. The molecule has 0 unspecified atom stereocenters. The molecule has 0 heterocycles. The number of hydrogen-bond acceptors (Lipinski definition) is 5. The van der Waals surface area contributed by atoms with Crippen LogP contribution in [-0.2, 0) is 14.8 Å². The Labute approximate surface area is 172 Å². The molecule has 0 aliphatic carbocycles. The smallest absolute Gasteiger partial charge is 0.232 e. The van der Waals surface area contributed by atoms with Crippen molar-refractivity contribution in [3.63, 3.8) is 0 Å². The van der Waals surface area contributed by atoms with E-state index in [1.165, 1.54) is 11.4 Å². The standard InChI is InChI=1S/C21H28N2O5S/c1-17-7-4-10-20(15-17)28-14-12-22-21(24)11-6-13-23(29(3,25)26)18-8-5-9-19(16-18)27-2/h4-5,7-10,15-16H,6,11-14H2,1-3H3,(H,22,24). The summed E-state index contributed by atoms with van der Waals surface area (Å²) >= 11 is 0. The van der Waals surface area contributed by atoms with Gasteiger partial charge in [0.25, 0.3) is 0 Å². The van der Waals surface area contributed by atoms with E-state index in [1.54, 1.807) is 24.3 Å². The van der Waals surface area contributed by atoms with Crippen molar-refractivity contribution in [2.45, 2.75) is 19.8 Å². The first-order valence-corrected chi connectivity index (χ1v) is 11.2. The Hall–Kier alpha value is -2.74. The number of benzene rings is 2. The first-order chi connectivity index (χ1) is 13.8.